The van der Waals surface area contributed by atoms with E-state index in [1.54, 1.807) is 25.4 Å². The van der Waals surface area contributed by atoms with Crippen molar-refractivity contribution in [2.24, 2.45) is 5.73 Å². The summed E-state index contributed by atoms with van der Waals surface area (Å²) in [6, 6.07) is 11.3. The summed E-state index contributed by atoms with van der Waals surface area (Å²) in [6.07, 6.45) is 3.63. The molecule has 2 N–H and O–H groups in total. The summed E-state index contributed by atoms with van der Waals surface area (Å²) in [5, 5.41) is 0. The van der Waals surface area contributed by atoms with Gasteiger partial charge in [0.2, 0.25) is 0 Å². The Labute approximate surface area is 110 Å². The number of pyridine rings is 1. The van der Waals surface area contributed by atoms with Gasteiger partial charge in [-0.1, -0.05) is 12.1 Å². The molecule has 1 heterocycles. The quantitative estimate of drug-likeness (QED) is 0.657. The van der Waals surface area contributed by atoms with Gasteiger partial charge in [-0.2, -0.15) is 4.57 Å². The zero-order valence-electron chi connectivity index (χ0n) is 10.5. The molecule has 0 radical (unpaired) electrons. The van der Waals surface area contributed by atoms with Gasteiger partial charge < -0.3 is 15.2 Å². The zero-order chi connectivity index (χ0) is 13.0. The Hall–Kier alpha value is -2.43. The van der Waals surface area contributed by atoms with Crippen LogP contribution in [-0.2, 0) is 6.54 Å². The maximum absolute atomic E-state index is 11.1. The molecule has 0 saturated heterocycles. The number of halogens is 1. The van der Waals surface area contributed by atoms with E-state index >= 15 is 0 Å². The van der Waals surface area contributed by atoms with E-state index in [4.69, 9.17) is 10.5 Å². The van der Waals surface area contributed by atoms with Crippen LogP contribution in [0.3, 0.4) is 0 Å². The van der Waals surface area contributed by atoms with Crippen LogP contribution in [0.4, 0.5) is 0 Å². The third kappa shape index (κ3) is 3.77. The number of ether oxygens (including phenoxy) is 1. The highest BCUT2D eigenvalue weighted by Crippen LogP contribution is 2.12. The average Bonchev–Trinajstić information content (AvgIpc) is 2.39. The number of hydrogen-bond donors (Lipinski definition) is 1. The van der Waals surface area contributed by atoms with Gasteiger partial charge in [0.25, 0.3) is 5.91 Å². The normalized spacial score (nSPS) is 9.53. The molecule has 1 amide bonds. The molecule has 2 rings (SSSR count). The predicted octanol–water partition coefficient (Wildman–Crippen LogP) is -1.87. The molecule has 100 valence electrons. The van der Waals surface area contributed by atoms with Crippen molar-refractivity contribution in [3.63, 3.8) is 0 Å². The van der Waals surface area contributed by atoms with Gasteiger partial charge in [-0.15, -0.1) is 0 Å². The molecule has 0 aliphatic carbocycles. The molecule has 19 heavy (non-hydrogen) atoms. The number of benzene rings is 1. The maximum atomic E-state index is 11.1. The molecule has 0 aliphatic rings. The molecule has 0 fully saturated rings. The van der Waals surface area contributed by atoms with Crippen molar-refractivity contribution in [3.8, 4) is 5.75 Å². The summed E-state index contributed by atoms with van der Waals surface area (Å²) >= 11 is 0. The molecule has 0 bridgehead atoms. The molecule has 5 heteroatoms. The minimum Gasteiger partial charge on any atom is -1.00 e. The lowest BCUT2D eigenvalue weighted by atomic mass is 10.2. The first kappa shape index (κ1) is 14.6. The Bertz CT molecular complexity index is 573. The topological polar surface area (TPSA) is 56.2 Å². The number of carbonyl (C=O) groups excluding carboxylic acids is 1. The summed E-state index contributed by atoms with van der Waals surface area (Å²) in [7, 11) is 1.64. The first-order chi connectivity index (χ1) is 8.69. The third-order valence-corrected chi connectivity index (χ3v) is 2.64. The minimum atomic E-state index is -0.421. The minimum absolute atomic E-state index is 0. The molecule has 1 aromatic heterocycles. The van der Waals surface area contributed by atoms with E-state index in [-0.39, 0.29) is 4.70 Å². The molecule has 4 nitrogen and oxygen atoms in total. The summed E-state index contributed by atoms with van der Waals surface area (Å²) in [5.41, 5.74) is 6.85. The van der Waals surface area contributed by atoms with Crippen LogP contribution < -0.4 is 19.7 Å². The molecule has 0 saturated carbocycles. The van der Waals surface area contributed by atoms with Gasteiger partial charge >= 0.3 is 0 Å². The number of hydrogen-bond acceptors (Lipinski definition) is 2. The molecule has 0 atom stereocenters. The van der Waals surface area contributed by atoms with E-state index in [0.29, 0.717) is 12.1 Å². The Morgan fingerprint density at radius 2 is 2.11 bits per heavy atom. The van der Waals surface area contributed by atoms with E-state index < -0.39 is 5.91 Å². The first-order valence-corrected chi connectivity index (χ1v) is 5.61. The monoisotopic (exact) mass is 262 g/mol. The molecule has 1 aromatic carbocycles. The summed E-state index contributed by atoms with van der Waals surface area (Å²) in [5.74, 6) is 0.397. The molecule has 0 unspecified atom stereocenters. The number of rotatable bonds is 4. The van der Waals surface area contributed by atoms with Gasteiger partial charge in [0.15, 0.2) is 18.9 Å². The second kappa shape index (κ2) is 6.49. The van der Waals surface area contributed by atoms with Crippen molar-refractivity contribution < 1.29 is 18.8 Å². The van der Waals surface area contributed by atoms with Gasteiger partial charge in [-0.05, 0) is 18.2 Å². The van der Waals surface area contributed by atoms with E-state index in [1.165, 1.54) is 0 Å². The first-order valence-electron chi connectivity index (χ1n) is 5.61. The van der Waals surface area contributed by atoms with E-state index in [1.807, 2.05) is 35.0 Å². The molecular formula is C14H15FN2O2. The van der Waals surface area contributed by atoms with Crippen LogP contribution in [0.1, 0.15) is 15.9 Å². The number of amides is 1. The van der Waals surface area contributed by atoms with E-state index in [9.17, 15) is 4.79 Å². The summed E-state index contributed by atoms with van der Waals surface area (Å²) in [6.45, 7) is 0.665. The highest BCUT2D eigenvalue weighted by Gasteiger charge is 2.08. The van der Waals surface area contributed by atoms with Gasteiger partial charge in [-0.3, -0.25) is 4.79 Å². The van der Waals surface area contributed by atoms with Gasteiger partial charge in [0.05, 0.1) is 7.11 Å². The van der Waals surface area contributed by atoms with Crippen molar-refractivity contribution in [2.45, 2.75) is 6.54 Å². The van der Waals surface area contributed by atoms with Crippen LogP contribution in [0.5, 0.6) is 5.75 Å². The number of methoxy groups -OCH3 is 1. The van der Waals surface area contributed by atoms with Crippen LogP contribution in [0, 0.1) is 0 Å². The fourth-order valence-corrected chi connectivity index (χ4v) is 1.75. The zero-order valence-corrected chi connectivity index (χ0v) is 10.5. The van der Waals surface area contributed by atoms with Crippen molar-refractivity contribution >= 4 is 5.91 Å². The summed E-state index contributed by atoms with van der Waals surface area (Å²) < 4.78 is 7.08. The lowest BCUT2D eigenvalue weighted by Gasteiger charge is -2.02. The second-order valence-electron chi connectivity index (χ2n) is 3.98. The Balaban J connectivity index is 0.00000180. The van der Waals surface area contributed by atoms with Crippen LogP contribution in [0.25, 0.3) is 0 Å². The van der Waals surface area contributed by atoms with Crippen molar-refractivity contribution in [1.82, 2.24) is 0 Å². The highest BCUT2D eigenvalue weighted by molar-refractivity contribution is 5.92. The van der Waals surface area contributed by atoms with Crippen LogP contribution in [0.2, 0.25) is 0 Å². The SMILES string of the molecule is COc1cccc(C[n+]2cccc(C(N)=O)c2)c1.[F-]. The standard InChI is InChI=1S/C14H14N2O2.FH/c1-18-13-6-2-4-11(8-13)9-16-7-3-5-12(10-16)14(15)17;/h2-8,10H,9H2,1H3,(H-,15,17);1H. The number of carbonyl (C=O) groups is 1. The largest absolute Gasteiger partial charge is 1.00 e. The van der Waals surface area contributed by atoms with Crippen molar-refractivity contribution in [2.75, 3.05) is 7.11 Å². The maximum Gasteiger partial charge on any atom is 0.254 e. The van der Waals surface area contributed by atoms with Crippen molar-refractivity contribution in [3.05, 3.63) is 59.9 Å². The number of aromatic nitrogens is 1. The highest BCUT2D eigenvalue weighted by atomic mass is 19.0. The average molecular weight is 262 g/mol. The Morgan fingerprint density at radius 3 is 2.79 bits per heavy atom. The molecular weight excluding hydrogens is 247 g/mol. The van der Waals surface area contributed by atoms with Crippen LogP contribution in [-0.4, -0.2) is 13.0 Å². The second-order valence-corrected chi connectivity index (χ2v) is 3.98. The van der Waals surface area contributed by atoms with Crippen molar-refractivity contribution in [1.29, 1.82) is 0 Å². The number of nitrogens with two attached hydrogens (primary N) is 1. The Kier molecular flexibility index (Phi) is 5.00. The van der Waals surface area contributed by atoms with Gasteiger partial charge in [-0.25, -0.2) is 0 Å². The van der Waals surface area contributed by atoms with Crippen LogP contribution >= 0.6 is 0 Å². The number of primary amides is 1. The lowest BCUT2D eigenvalue weighted by molar-refractivity contribution is -0.688. The smallest absolute Gasteiger partial charge is 0.254 e. The van der Waals surface area contributed by atoms with Gasteiger partial charge in [0.1, 0.15) is 11.3 Å². The van der Waals surface area contributed by atoms with Gasteiger partial charge in [0, 0.05) is 11.6 Å². The molecule has 0 spiro atoms. The molecule has 2 aromatic rings. The van der Waals surface area contributed by atoms with E-state index in [2.05, 4.69) is 0 Å². The fourth-order valence-electron chi connectivity index (χ4n) is 1.75. The predicted molar refractivity (Wildman–Crippen MR) is 67.3 cm³/mol. The Morgan fingerprint density at radius 1 is 1.32 bits per heavy atom. The molecule has 0 aliphatic heterocycles. The lowest BCUT2D eigenvalue weighted by Crippen LogP contribution is -3.00. The fraction of sp³-hybridized carbons (Fsp3) is 0.143. The van der Waals surface area contributed by atoms with E-state index in [0.717, 1.165) is 11.3 Å². The number of nitrogens with zero attached hydrogens (tertiary/aromatic N) is 1. The van der Waals surface area contributed by atoms with Crippen LogP contribution in [0.15, 0.2) is 48.8 Å². The third-order valence-electron chi connectivity index (χ3n) is 2.64. The summed E-state index contributed by atoms with van der Waals surface area (Å²) in [4.78, 5) is 11.1.